The van der Waals surface area contributed by atoms with Crippen molar-refractivity contribution in [3.63, 3.8) is 0 Å². The molecule has 0 aliphatic carbocycles. The van der Waals surface area contributed by atoms with Crippen molar-refractivity contribution in [2.75, 3.05) is 31.1 Å². The van der Waals surface area contributed by atoms with E-state index in [1.54, 1.807) is 6.92 Å². The summed E-state index contributed by atoms with van der Waals surface area (Å²) in [6.45, 7) is 5.16. The third kappa shape index (κ3) is 4.71. The second kappa shape index (κ2) is 9.24. The highest BCUT2D eigenvalue weighted by molar-refractivity contribution is 7.89. The maximum Gasteiger partial charge on any atom is 0.270 e. The number of sulfonamides is 1. The number of anilines is 1. The zero-order valence-electron chi connectivity index (χ0n) is 18.5. The minimum Gasteiger partial charge on any atom is -0.352 e. The second-order valence-corrected chi connectivity index (χ2v) is 9.83. The van der Waals surface area contributed by atoms with Crippen LogP contribution in [0.5, 0.6) is 0 Å². The highest BCUT2D eigenvalue weighted by atomic mass is 32.2. The van der Waals surface area contributed by atoms with Gasteiger partial charge in [0.05, 0.1) is 15.5 Å². The summed E-state index contributed by atoms with van der Waals surface area (Å²) in [4.78, 5) is 12.5. The van der Waals surface area contributed by atoms with Gasteiger partial charge in [-0.25, -0.2) is 8.42 Å². The molecule has 1 aromatic heterocycles. The lowest BCUT2D eigenvalue weighted by Crippen LogP contribution is -2.49. The molecular formula is C23H25N5O4S. The largest absolute Gasteiger partial charge is 0.352 e. The minimum atomic E-state index is -3.84. The fourth-order valence-corrected chi connectivity index (χ4v) is 5.50. The number of benzene rings is 2. The van der Waals surface area contributed by atoms with Gasteiger partial charge in [-0.3, -0.25) is 10.1 Å². The maximum atomic E-state index is 13.1. The highest BCUT2D eigenvalue weighted by Gasteiger charge is 2.31. The van der Waals surface area contributed by atoms with Crippen LogP contribution in [-0.4, -0.2) is 54.0 Å². The number of nitrogens with zero attached hydrogens (tertiary/aromatic N) is 5. The minimum absolute atomic E-state index is 0.0246. The molecule has 0 amide bonds. The first-order chi connectivity index (χ1) is 15.8. The van der Waals surface area contributed by atoms with E-state index in [0.29, 0.717) is 24.5 Å². The molecule has 0 atom stereocenters. The Kier molecular flexibility index (Phi) is 6.39. The highest BCUT2D eigenvalue weighted by Crippen LogP contribution is 2.26. The molecule has 1 saturated heterocycles. The number of hydrogen-bond donors (Lipinski definition) is 0. The van der Waals surface area contributed by atoms with Gasteiger partial charge in [0.25, 0.3) is 5.69 Å². The van der Waals surface area contributed by atoms with Crippen LogP contribution in [0.4, 0.5) is 11.5 Å². The Morgan fingerprint density at radius 1 is 0.970 bits per heavy atom. The van der Waals surface area contributed by atoms with E-state index in [2.05, 4.69) is 29.3 Å². The number of non-ortho nitro benzene ring substituents is 1. The van der Waals surface area contributed by atoms with Gasteiger partial charge in [-0.2, -0.15) is 4.31 Å². The number of piperazine rings is 1. The monoisotopic (exact) mass is 467 g/mol. The molecule has 172 valence electrons. The summed E-state index contributed by atoms with van der Waals surface area (Å²) in [6, 6.07) is 15.9. The van der Waals surface area contributed by atoms with E-state index in [-0.39, 0.29) is 23.7 Å². The number of aromatic nitrogens is 2. The molecule has 2 aromatic carbocycles. The van der Waals surface area contributed by atoms with Crippen molar-refractivity contribution in [3.05, 3.63) is 75.8 Å². The average Bonchev–Trinajstić information content (AvgIpc) is 2.84. The summed E-state index contributed by atoms with van der Waals surface area (Å²) in [5.74, 6) is 0.688. The molecule has 10 heteroatoms. The summed E-state index contributed by atoms with van der Waals surface area (Å²) in [7, 11) is -3.84. The fourth-order valence-electron chi connectivity index (χ4n) is 3.84. The van der Waals surface area contributed by atoms with Crippen molar-refractivity contribution in [3.8, 4) is 11.3 Å². The van der Waals surface area contributed by atoms with Gasteiger partial charge in [0.2, 0.25) is 10.0 Å². The molecule has 1 fully saturated rings. The van der Waals surface area contributed by atoms with Crippen LogP contribution in [0.3, 0.4) is 0 Å². The van der Waals surface area contributed by atoms with Crippen molar-refractivity contribution in [1.82, 2.24) is 14.5 Å². The number of nitro benzene ring substituents is 1. The van der Waals surface area contributed by atoms with Gasteiger partial charge < -0.3 is 4.90 Å². The van der Waals surface area contributed by atoms with Gasteiger partial charge in [-0.05, 0) is 36.6 Å². The van der Waals surface area contributed by atoms with Crippen molar-refractivity contribution in [2.24, 2.45) is 0 Å². The Bertz CT molecular complexity index is 1250. The first-order valence-electron chi connectivity index (χ1n) is 10.7. The van der Waals surface area contributed by atoms with E-state index in [4.69, 9.17) is 0 Å². The molecule has 1 aliphatic rings. The first-order valence-corrected chi connectivity index (χ1v) is 12.2. The Morgan fingerprint density at radius 2 is 1.67 bits per heavy atom. The number of rotatable bonds is 6. The molecule has 0 unspecified atom stereocenters. The second-order valence-electron chi connectivity index (χ2n) is 7.93. The number of aryl methyl sites for hydroxylation is 2. The molecule has 4 rings (SSSR count). The van der Waals surface area contributed by atoms with Gasteiger partial charge in [0, 0.05) is 43.9 Å². The molecule has 0 spiro atoms. The molecule has 0 N–H and O–H groups in total. The Balaban J connectivity index is 1.45. The van der Waals surface area contributed by atoms with E-state index < -0.39 is 14.9 Å². The standard InChI is InChI=1S/C23H25N5O4S/c1-3-18-5-7-19(8-6-18)21-10-11-23(25-24-21)26-12-14-27(15-13-26)33(31,32)22-16-20(28(29)30)9-4-17(22)2/h4-11,16H,3,12-15H2,1-2H3. The zero-order chi connectivity index (χ0) is 23.6. The van der Waals surface area contributed by atoms with E-state index in [1.807, 2.05) is 29.2 Å². The van der Waals surface area contributed by atoms with Crippen molar-refractivity contribution in [2.45, 2.75) is 25.2 Å². The van der Waals surface area contributed by atoms with Crippen LogP contribution in [-0.2, 0) is 16.4 Å². The molecular weight excluding hydrogens is 442 g/mol. The smallest absolute Gasteiger partial charge is 0.270 e. The summed E-state index contributed by atoms with van der Waals surface area (Å²) in [6.07, 6.45) is 0.979. The van der Waals surface area contributed by atoms with E-state index in [9.17, 15) is 18.5 Å². The molecule has 3 aromatic rings. The number of hydrogen-bond acceptors (Lipinski definition) is 7. The van der Waals surface area contributed by atoms with Crippen LogP contribution >= 0.6 is 0 Å². The number of nitro groups is 1. The summed E-state index contributed by atoms with van der Waals surface area (Å²) in [5.41, 5.74) is 3.28. The van der Waals surface area contributed by atoms with E-state index in [0.717, 1.165) is 23.7 Å². The lowest BCUT2D eigenvalue weighted by atomic mass is 10.1. The zero-order valence-corrected chi connectivity index (χ0v) is 19.3. The molecule has 0 saturated carbocycles. The molecule has 9 nitrogen and oxygen atoms in total. The van der Waals surface area contributed by atoms with Gasteiger partial charge in [-0.1, -0.05) is 37.3 Å². The van der Waals surface area contributed by atoms with Crippen molar-refractivity contribution >= 4 is 21.5 Å². The quantitative estimate of drug-likeness (QED) is 0.403. The topological polar surface area (TPSA) is 110 Å². The van der Waals surface area contributed by atoms with Crippen LogP contribution in [0, 0.1) is 17.0 Å². The van der Waals surface area contributed by atoms with Gasteiger partial charge in [0.15, 0.2) is 5.82 Å². The molecule has 1 aliphatic heterocycles. The SMILES string of the molecule is CCc1ccc(-c2ccc(N3CCN(S(=O)(=O)c4cc([N+](=O)[O-])ccc4C)CC3)nn2)cc1. The average molecular weight is 468 g/mol. The molecule has 2 heterocycles. The predicted octanol–water partition coefficient (Wildman–Crippen LogP) is 3.43. The lowest BCUT2D eigenvalue weighted by Gasteiger charge is -2.34. The lowest BCUT2D eigenvalue weighted by molar-refractivity contribution is -0.385. The predicted molar refractivity (Wildman–Crippen MR) is 126 cm³/mol. The van der Waals surface area contributed by atoms with Gasteiger partial charge >= 0.3 is 0 Å². The van der Waals surface area contributed by atoms with Crippen LogP contribution in [0.2, 0.25) is 0 Å². The first kappa shape index (κ1) is 22.8. The molecule has 0 bridgehead atoms. The summed E-state index contributed by atoms with van der Waals surface area (Å²) in [5, 5.41) is 19.8. The molecule has 33 heavy (non-hydrogen) atoms. The Morgan fingerprint density at radius 3 is 2.24 bits per heavy atom. The summed E-state index contributed by atoms with van der Waals surface area (Å²) < 4.78 is 27.6. The van der Waals surface area contributed by atoms with E-state index in [1.165, 1.54) is 22.0 Å². The van der Waals surface area contributed by atoms with Gasteiger partial charge in [0.1, 0.15) is 0 Å². The Hall–Kier alpha value is -3.37. The fraction of sp³-hybridized carbons (Fsp3) is 0.304. The van der Waals surface area contributed by atoms with Crippen LogP contribution in [0.25, 0.3) is 11.3 Å². The Labute approximate surface area is 192 Å². The molecule has 0 radical (unpaired) electrons. The maximum absolute atomic E-state index is 13.1. The van der Waals surface area contributed by atoms with Gasteiger partial charge in [-0.15, -0.1) is 10.2 Å². The van der Waals surface area contributed by atoms with Crippen molar-refractivity contribution < 1.29 is 13.3 Å². The van der Waals surface area contributed by atoms with Crippen LogP contribution in [0.1, 0.15) is 18.1 Å². The van der Waals surface area contributed by atoms with E-state index >= 15 is 0 Å². The van der Waals surface area contributed by atoms with Crippen LogP contribution < -0.4 is 4.90 Å². The van der Waals surface area contributed by atoms with Crippen molar-refractivity contribution in [1.29, 1.82) is 0 Å². The third-order valence-electron chi connectivity index (χ3n) is 5.87. The normalized spacial score (nSPS) is 14.9. The van der Waals surface area contributed by atoms with Crippen LogP contribution in [0.15, 0.2) is 59.5 Å². The summed E-state index contributed by atoms with van der Waals surface area (Å²) >= 11 is 0. The third-order valence-corrected chi connectivity index (χ3v) is 7.91.